The van der Waals surface area contributed by atoms with E-state index >= 15 is 0 Å². The van der Waals surface area contributed by atoms with Gasteiger partial charge in [0, 0.05) is 23.8 Å². The van der Waals surface area contributed by atoms with Crippen molar-refractivity contribution in [2.24, 2.45) is 0 Å². The third kappa shape index (κ3) is 2.86. The number of aromatic carboxylic acids is 1. The number of carboxylic acids is 1. The molecular formula is C16H13BrClN5O3. The SMILES string of the molecule is O=C(O)c1nc2c(cc1Cl)N1CCC(C1)N2C(=O)Nc1cc(Br)ccn1. The smallest absolute Gasteiger partial charge is 0.356 e. The van der Waals surface area contributed by atoms with Crippen LogP contribution in [0.5, 0.6) is 0 Å². The van der Waals surface area contributed by atoms with Crippen molar-refractivity contribution in [3.8, 4) is 0 Å². The van der Waals surface area contributed by atoms with E-state index in [9.17, 15) is 14.7 Å². The Morgan fingerprint density at radius 1 is 1.38 bits per heavy atom. The van der Waals surface area contributed by atoms with Gasteiger partial charge in [-0.1, -0.05) is 27.5 Å². The first-order valence-electron chi connectivity index (χ1n) is 7.84. The van der Waals surface area contributed by atoms with Gasteiger partial charge in [-0.2, -0.15) is 0 Å². The average Bonchev–Trinajstić information content (AvgIpc) is 3.00. The maximum absolute atomic E-state index is 12.9. The lowest BCUT2D eigenvalue weighted by Crippen LogP contribution is -2.48. The van der Waals surface area contributed by atoms with Gasteiger partial charge in [-0.3, -0.25) is 10.2 Å². The van der Waals surface area contributed by atoms with Gasteiger partial charge in [0.25, 0.3) is 0 Å². The molecule has 10 heteroatoms. The standard InChI is InChI=1S/C16H13BrClN5O3/c17-8-1-3-19-12(5-8)20-16(26)23-9-2-4-22(7-9)11-6-10(18)13(15(24)25)21-14(11)23/h1,3,5-6,9H,2,4,7H2,(H,24,25)(H,19,20,26). The van der Waals surface area contributed by atoms with Crippen molar-refractivity contribution >= 4 is 56.9 Å². The summed E-state index contributed by atoms with van der Waals surface area (Å²) in [5, 5.41) is 12.1. The monoisotopic (exact) mass is 437 g/mol. The number of carbonyl (C=O) groups is 2. The number of carbonyl (C=O) groups excluding carboxylic acids is 1. The molecular weight excluding hydrogens is 426 g/mol. The van der Waals surface area contributed by atoms with Crippen molar-refractivity contribution < 1.29 is 14.7 Å². The van der Waals surface area contributed by atoms with Gasteiger partial charge < -0.3 is 10.0 Å². The van der Waals surface area contributed by atoms with Crippen LogP contribution in [0.2, 0.25) is 5.02 Å². The molecule has 2 aliphatic rings. The summed E-state index contributed by atoms with van der Waals surface area (Å²) in [4.78, 5) is 36.2. The Morgan fingerprint density at radius 3 is 2.92 bits per heavy atom. The Labute approximate surface area is 161 Å². The van der Waals surface area contributed by atoms with Crippen molar-refractivity contribution in [1.82, 2.24) is 9.97 Å². The molecule has 1 saturated heterocycles. The lowest BCUT2D eigenvalue weighted by atomic mass is 10.1. The van der Waals surface area contributed by atoms with Crippen LogP contribution >= 0.6 is 27.5 Å². The summed E-state index contributed by atoms with van der Waals surface area (Å²) in [5.74, 6) is -0.549. The van der Waals surface area contributed by atoms with E-state index in [4.69, 9.17) is 11.6 Å². The summed E-state index contributed by atoms with van der Waals surface area (Å²) in [5.41, 5.74) is 0.386. The summed E-state index contributed by atoms with van der Waals surface area (Å²) in [6.45, 7) is 1.40. The molecule has 26 heavy (non-hydrogen) atoms. The van der Waals surface area contributed by atoms with Gasteiger partial charge in [0.15, 0.2) is 11.5 Å². The van der Waals surface area contributed by atoms with Gasteiger partial charge in [-0.05, 0) is 24.6 Å². The van der Waals surface area contributed by atoms with E-state index in [1.54, 1.807) is 24.4 Å². The number of anilines is 3. The van der Waals surface area contributed by atoms with Crippen LogP contribution in [0.1, 0.15) is 16.9 Å². The van der Waals surface area contributed by atoms with Gasteiger partial charge in [0.05, 0.1) is 16.8 Å². The fourth-order valence-corrected chi connectivity index (χ4v) is 3.84. The van der Waals surface area contributed by atoms with Gasteiger partial charge in [0.2, 0.25) is 0 Å². The summed E-state index contributed by atoms with van der Waals surface area (Å²) in [6.07, 6.45) is 2.33. The molecule has 2 bridgehead atoms. The molecule has 2 aromatic rings. The first kappa shape index (κ1) is 17.0. The van der Waals surface area contributed by atoms with E-state index in [-0.39, 0.29) is 16.8 Å². The number of nitrogens with one attached hydrogen (secondary N) is 1. The fourth-order valence-electron chi connectivity index (χ4n) is 3.28. The maximum Gasteiger partial charge on any atom is 0.356 e. The third-order valence-corrected chi connectivity index (χ3v) is 5.19. The molecule has 4 rings (SSSR count). The normalized spacial score (nSPS) is 17.8. The van der Waals surface area contributed by atoms with E-state index in [0.29, 0.717) is 23.9 Å². The van der Waals surface area contributed by atoms with Gasteiger partial charge in [-0.15, -0.1) is 0 Å². The van der Waals surface area contributed by atoms with Crippen LogP contribution in [-0.4, -0.2) is 46.2 Å². The minimum absolute atomic E-state index is 0.0515. The zero-order chi connectivity index (χ0) is 18.4. The van der Waals surface area contributed by atoms with Crippen molar-refractivity contribution in [2.45, 2.75) is 12.5 Å². The minimum atomic E-state index is -1.24. The lowest BCUT2D eigenvalue weighted by molar-refractivity contribution is 0.0690. The number of nitrogens with zero attached hydrogens (tertiary/aromatic N) is 4. The predicted octanol–water partition coefficient (Wildman–Crippen LogP) is 3.22. The van der Waals surface area contributed by atoms with Crippen LogP contribution in [0.4, 0.5) is 22.1 Å². The number of rotatable bonds is 2. The largest absolute Gasteiger partial charge is 0.476 e. The Balaban J connectivity index is 1.74. The number of halogens is 2. The van der Waals surface area contributed by atoms with E-state index in [0.717, 1.165) is 17.4 Å². The molecule has 1 fully saturated rings. The van der Waals surface area contributed by atoms with E-state index < -0.39 is 12.0 Å². The van der Waals surface area contributed by atoms with Crippen LogP contribution < -0.4 is 15.1 Å². The van der Waals surface area contributed by atoms with Crippen molar-refractivity contribution in [1.29, 1.82) is 0 Å². The molecule has 4 heterocycles. The quantitative estimate of drug-likeness (QED) is 0.747. The molecule has 2 aliphatic heterocycles. The summed E-state index contributed by atoms with van der Waals surface area (Å²) in [7, 11) is 0. The van der Waals surface area contributed by atoms with Crippen molar-refractivity contribution in [3.63, 3.8) is 0 Å². The number of pyridine rings is 2. The highest BCUT2D eigenvalue weighted by molar-refractivity contribution is 9.10. The van der Waals surface area contributed by atoms with Crippen molar-refractivity contribution in [2.75, 3.05) is 28.2 Å². The van der Waals surface area contributed by atoms with E-state index in [1.807, 2.05) is 0 Å². The third-order valence-electron chi connectivity index (χ3n) is 4.41. The second-order valence-electron chi connectivity index (χ2n) is 6.01. The minimum Gasteiger partial charge on any atom is -0.476 e. The second kappa shape index (κ2) is 6.40. The Hall–Kier alpha value is -2.39. The first-order valence-corrected chi connectivity index (χ1v) is 9.01. The highest BCUT2D eigenvalue weighted by Gasteiger charge is 2.41. The Morgan fingerprint density at radius 2 is 2.19 bits per heavy atom. The van der Waals surface area contributed by atoms with Crippen LogP contribution in [-0.2, 0) is 0 Å². The number of fused-ring (bicyclic) bond motifs is 4. The van der Waals surface area contributed by atoms with Crippen LogP contribution in [0.3, 0.4) is 0 Å². The number of hydrogen-bond acceptors (Lipinski definition) is 5. The number of amides is 2. The molecule has 2 N–H and O–H groups in total. The summed E-state index contributed by atoms with van der Waals surface area (Å²) >= 11 is 9.40. The summed E-state index contributed by atoms with van der Waals surface area (Å²) < 4.78 is 0.784. The highest BCUT2D eigenvalue weighted by Crippen LogP contribution is 2.41. The Kier molecular flexibility index (Phi) is 4.20. The van der Waals surface area contributed by atoms with Crippen LogP contribution in [0, 0.1) is 0 Å². The van der Waals surface area contributed by atoms with Gasteiger partial charge >= 0.3 is 12.0 Å². The number of hydrogen-bond donors (Lipinski definition) is 2. The van der Waals surface area contributed by atoms with E-state index in [2.05, 4.69) is 36.1 Å². The average molecular weight is 439 g/mol. The number of aromatic nitrogens is 2. The topological polar surface area (TPSA) is 98.7 Å². The van der Waals surface area contributed by atoms with Gasteiger partial charge in [-0.25, -0.2) is 19.6 Å². The predicted molar refractivity (Wildman–Crippen MR) is 100 cm³/mol. The number of urea groups is 1. The lowest BCUT2D eigenvalue weighted by Gasteiger charge is -2.35. The van der Waals surface area contributed by atoms with Crippen LogP contribution in [0.15, 0.2) is 28.9 Å². The zero-order valence-electron chi connectivity index (χ0n) is 13.3. The zero-order valence-corrected chi connectivity index (χ0v) is 15.7. The molecule has 2 aromatic heterocycles. The molecule has 1 unspecified atom stereocenters. The number of carboxylic acid groups (broad SMARTS) is 1. The Bertz CT molecular complexity index is 925. The molecule has 0 aliphatic carbocycles. The molecule has 1 atom stereocenters. The molecule has 0 saturated carbocycles. The molecule has 8 nitrogen and oxygen atoms in total. The van der Waals surface area contributed by atoms with Gasteiger partial charge in [0.1, 0.15) is 5.82 Å². The molecule has 134 valence electrons. The molecule has 0 spiro atoms. The molecule has 0 radical (unpaired) electrons. The van der Waals surface area contributed by atoms with Crippen molar-refractivity contribution in [3.05, 3.63) is 39.6 Å². The first-order chi connectivity index (χ1) is 12.4. The fraction of sp³-hybridized carbons (Fsp3) is 0.250. The van der Waals surface area contributed by atoms with E-state index in [1.165, 1.54) is 4.90 Å². The van der Waals surface area contributed by atoms with Crippen LogP contribution in [0.25, 0.3) is 0 Å². The summed E-state index contributed by atoms with van der Waals surface area (Å²) in [6, 6.07) is 4.50. The molecule has 0 aromatic carbocycles. The highest BCUT2D eigenvalue weighted by atomic mass is 79.9. The maximum atomic E-state index is 12.9. The second-order valence-corrected chi connectivity index (χ2v) is 7.34. The molecule has 2 amide bonds.